The molecule has 3 aromatic heterocycles. The molecule has 8 bridgehead atoms. The van der Waals surface area contributed by atoms with E-state index in [4.69, 9.17) is 29.9 Å². The molecule has 45 heavy (non-hydrogen) atoms. The van der Waals surface area contributed by atoms with Crippen LogP contribution < -0.4 is 0 Å². The smallest absolute Gasteiger partial charge is 0.504 e. The van der Waals surface area contributed by atoms with Gasteiger partial charge in [0.1, 0.15) is 22.6 Å². The van der Waals surface area contributed by atoms with Gasteiger partial charge in [-0.2, -0.15) is 0 Å². The fourth-order valence-electron chi connectivity index (χ4n) is 5.84. The molecular formula is C32H18AuN8O4+. The summed E-state index contributed by atoms with van der Waals surface area (Å²) in [7, 11) is 0. The van der Waals surface area contributed by atoms with Crippen LogP contribution in [0.5, 0.6) is 23.0 Å². The summed E-state index contributed by atoms with van der Waals surface area (Å²) in [6, 6.07) is 22.7. The molecule has 0 saturated carbocycles. The van der Waals surface area contributed by atoms with Gasteiger partial charge in [0.05, 0.1) is 10.8 Å². The average Bonchev–Trinajstić information content (AvgIpc) is 3.78. The van der Waals surface area contributed by atoms with E-state index in [9.17, 15) is 20.4 Å². The zero-order chi connectivity index (χ0) is 29.7. The molecule has 9 rings (SSSR count). The molecule has 0 amide bonds. The minimum Gasteiger partial charge on any atom is -0.504 e. The van der Waals surface area contributed by atoms with Gasteiger partial charge in [0.15, 0.2) is 34.8 Å². The predicted molar refractivity (Wildman–Crippen MR) is 163 cm³/mol. The molecule has 220 valence electrons. The molecule has 0 spiro atoms. The predicted octanol–water partition coefficient (Wildman–Crippen LogP) is 5.69. The van der Waals surface area contributed by atoms with Crippen molar-refractivity contribution in [2.75, 3.05) is 0 Å². The first-order valence-corrected chi connectivity index (χ1v) is 13.6. The Bertz CT molecular complexity index is 2410. The van der Waals surface area contributed by atoms with Gasteiger partial charge >= 0.3 is 22.4 Å². The number of phenolic OH excluding ortho intramolecular Hbond substituents is 4. The van der Waals surface area contributed by atoms with Crippen molar-refractivity contribution in [2.45, 2.75) is 0 Å². The number of aromatic amines is 2. The van der Waals surface area contributed by atoms with Crippen molar-refractivity contribution in [2.24, 2.45) is 0 Å². The fourth-order valence-corrected chi connectivity index (χ4v) is 5.84. The number of benzene rings is 4. The molecule has 0 radical (unpaired) electrons. The second-order valence-electron chi connectivity index (χ2n) is 10.4. The van der Waals surface area contributed by atoms with E-state index >= 15 is 0 Å². The van der Waals surface area contributed by atoms with Crippen LogP contribution in [0, 0.1) is 0 Å². The fraction of sp³-hybridized carbons (Fsp3) is 0. The van der Waals surface area contributed by atoms with E-state index in [1.54, 1.807) is 0 Å². The van der Waals surface area contributed by atoms with Gasteiger partial charge in [-0.1, -0.05) is 72.8 Å². The maximum absolute atomic E-state index is 11.0. The minimum absolute atomic E-state index is 0. The van der Waals surface area contributed by atoms with Crippen LogP contribution in [-0.4, -0.2) is 60.3 Å². The van der Waals surface area contributed by atoms with Crippen LogP contribution in [0.25, 0.3) is 89.7 Å². The first-order chi connectivity index (χ1) is 21.5. The van der Waals surface area contributed by atoms with Gasteiger partial charge in [-0.05, 0) is 0 Å². The van der Waals surface area contributed by atoms with Gasteiger partial charge in [-0.3, -0.25) is 0 Å². The molecule has 0 aliphatic carbocycles. The second kappa shape index (κ2) is 9.59. The number of nitrogens with zero attached hydrogens (tertiary/aromatic N) is 6. The molecule has 2 aliphatic rings. The summed E-state index contributed by atoms with van der Waals surface area (Å²) in [6.07, 6.45) is 0. The van der Waals surface area contributed by atoms with E-state index in [0.29, 0.717) is 34.1 Å². The summed E-state index contributed by atoms with van der Waals surface area (Å²) in [5.41, 5.74) is 4.00. The Morgan fingerprint density at radius 1 is 0.378 bits per heavy atom. The van der Waals surface area contributed by atoms with Crippen LogP contribution >= 0.6 is 0 Å². The van der Waals surface area contributed by atoms with E-state index in [1.807, 2.05) is 72.8 Å². The van der Waals surface area contributed by atoms with E-state index in [0.717, 1.165) is 21.9 Å². The molecule has 7 aromatic rings. The summed E-state index contributed by atoms with van der Waals surface area (Å²) in [4.78, 5) is 35.1. The van der Waals surface area contributed by atoms with Crippen LogP contribution in [0.3, 0.4) is 0 Å². The summed E-state index contributed by atoms with van der Waals surface area (Å²) >= 11 is 0. The van der Waals surface area contributed by atoms with Crippen LogP contribution in [0.4, 0.5) is 0 Å². The number of aromatic nitrogens is 8. The molecule has 13 heteroatoms. The third-order valence-electron chi connectivity index (χ3n) is 7.89. The van der Waals surface area contributed by atoms with Crippen LogP contribution in [0.1, 0.15) is 0 Å². The maximum atomic E-state index is 11.0. The molecular weight excluding hydrogens is 757 g/mol. The van der Waals surface area contributed by atoms with Crippen LogP contribution in [-0.2, 0) is 22.4 Å². The van der Waals surface area contributed by atoms with E-state index in [2.05, 4.69) is 9.97 Å². The minimum atomic E-state index is -0.897. The van der Waals surface area contributed by atoms with Crippen molar-refractivity contribution >= 4 is 44.1 Å². The van der Waals surface area contributed by atoms with Crippen molar-refractivity contribution in [3.8, 4) is 68.5 Å². The van der Waals surface area contributed by atoms with E-state index in [-0.39, 0.29) is 56.1 Å². The molecule has 6 N–H and O–H groups in total. The van der Waals surface area contributed by atoms with Gasteiger partial charge in [-0.15, -0.1) is 0 Å². The Labute approximate surface area is 267 Å². The zero-order valence-corrected chi connectivity index (χ0v) is 24.9. The number of rotatable bonds is 0. The molecule has 0 saturated heterocycles. The topological polar surface area (TPSA) is 190 Å². The maximum Gasteiger partial charge on any atom is 1.00 e. The van der Waals surface area contributed by atoms with Gasteiger partial charge < -0.3 is 30.4 Å². The molecule has 0 unspecified atom stereocenters. The summed E-state index contributed by atoms with van der Waals surface area (Å²) in [6.45, 7) is 0. The van der Waals surface area contributed by atoms with Crippen molar-refractivity contribution in [3.05, 3.63) is 72.8 Å². The van der Waals surface area contributed by atoms with E-state index in [1.165, 1.54) is 0 Å². The molecule has 5 heterocycles. The van der Waals surface area contributed by atoms with Gasteiger partial charge in [0.25, 0.3) is 0 Å². The SMILES string of the molecule is Oc1c(O)c(O)c2c3nc4nc(nc5[nH]c(nc6nc(nc([nH]3)c2c1O)-c1ccccc1-6)c1ccccc51)-c1ccccc1-4.[Au+]. The van der Waals surface area contributed by atoms with Crippen LogP contribution in [0.2, 0.25) is 0 Å². The molecule has 12 nitrogen and oxygen atoms in total. The van der Waals surface area contributed by atoms with Crippen molar-refractivity contribution in [1.82, 2.24) is 39.9 Å². The van der Waals surface area contributed by atoms with E-state index < -0.39 is 23.0 Å². The number of fused-ring (bicyclic) bond motifs is 20. The zero-order valence-electron chi connectivity index (χ0n) is 22.7. The molecule has 4 aromatic carbocycles. The number of H-pyrrole nitrogens is 2. The number of nitrogens with one attached hydrogen (secondary N) is 2. The normalized spacial score (nSPS) is 11.7. The van der Waals surface area contributed by atoms with Crippen molar-refractivity contribution < 1.29 is 42.8 Å². The first-order valence-electron chi connectivity index (χ1n) is 13.6. The Balaban J connectivity index is 0.00000300. The first kappa shape index (κ1) is 26.8. The Hall–Kier alpha value is -5.82. The van der Waals surface area contributed by atoms with Crippen molar-refractivity contribution in [1.29, 1.82) is 0 Å². The Morgan fingerprint density at radius 2 is 0.689 bits per heavy atom. The molecule has 0 atom stereocenters. The van der Waals surface area contributed by atoms with Gasteiger partial charge in [0, 0.05) is 33.0 Å². The van der Waals surface area contributed by atoms with Crippen molar-refractivity contribution in [3.63, 3.8) is 0 Å². The third kappa shape index (κ3) is 3.77. The average molecular weight is 776 g/mol. The standard InChI is InChI=1S/C32H18N8O4.Au/c41-21-19-20(22(42)24(44)23(21)43)32-39-30-18-12-6-4-10-16(18)28(37-30)35-26-14-8-2-1-7-13(14)25(33-26)34-27-15-9-3-5-11-17(15)29(36-27)38-31(19)40-32;/h1-12,41-44H,(H2,33,34,35,36,37,38,39,40);/q;+1. The largest absolute Gasteiger partial charge is 1.00 e. The molecule has 0 fully saturated rings. The Kier molecular flexibility index (Phi) is 5.71. The summed E-state index contributed by atoms with van der Waals surface area (Å²) < 4.78 is 0. The monoisotopic (exact) mass is 775 g/mol. The number of aromatic hydroxyl groups is 4. The van der Waals surface area contributed by atoms with Gasteiger partial charge in [-0.25, -0.2) is 29.9 Å². The number of hydrogen-bond donors (Lipinski definition) is 6. The summed E-state index contributed by atoms with van der Waals surface area (Å²) in [5.74, 6) is -1.83. The molecule has 2 aliphatic heterocycles. The number of hydrogen-bond acceptors (Lipinski definition) is 10. The summed E-state index contributed by atoms with van der Waals surface area (Å²) in [5, 5.41) is 44.4. The van der Waals surface area contributed by atoms with Gasteiger partial charge in [0.2, 0.25) is 11.5 Å². The number of phenols is 4. The second-order valence-corrected chi connectivity index (χ2v) is 10.4. The quantitative estimate of drug-likeness (QED) is 0.0635. The van der Waals surface area contributed by atoms with Crippen LogP contribution in [0.15, 0.2) is 72.8 Å². The third-order valence-corrected chi connectivity index (χ3v) is 7.89. The Morgan fingerprint density at radius 3 is 1.07 bits per heavy atom.